The van der Waals surface area contributed by atoms with Gasteiger partial charge < -0.3 is 10.6 Å². The molecule has 0 bridgehead atoms. The molecule has 0 spiro atoms. The van der Waals surface area contributed by atoms with Gasteiger partial charge in [0.05, 0.1) is 6.54 Å². The van der Waals surface area contributed by atoms with Gasteiger partial charge in [0.1, 0.15) is 5.82 Å². The summed E-state index contributed by atoms with van der Waals surface area (Å²) in [5.41, 5.74) is 1.50. The van der Waals surface area contributed by atoms with Gasteiger partial charge >= 0.3 is 0 Å². The van der Waals surface area contributed by atoms with Crippen LogP contribution in [0.1, 0.15) is 50.7 Å². The van der Waals surface area contributed by atoms with Gasteiger partial charge in [-0.1, -0.05) is 25.5 Å². The summed E-state index contributed by atoms with van der Waals surface area (Å²) in [6, 6.07) is 5.53. The highest BCUT2D eigenvalue weighted by molar-refractivity contribution is 7.85. The van der Waals surface area contributed by atoms with E-state index in [1.807, 2.05) is 19.9 Å². The molecule has 2 N–H and O–H groups in total. The van der Waals surface area contributed by atoms with Gasteiger partial charge in [0.2, 0.25) is 0 Å². The van der Waals surface area contributed by atoms with Gasteiger partial charge in [-0.2, -0.15) is 0 Å². The van der Waals surface area contributed by atoms with Crippen molar-refractivity contribution in [1.29, 1.82) is 0 Å². The molecule has 1 aromatic carbocycles. The van der Waals surface area contributed by atoms with Crippen molar-refractivity contribution in [1.82, 2.24) is 10.6 Å². The van der Waals surface area contributed by atoms with Crippen molar-refractivity contribution < 1.29 is 8.60 Å². The van der Waals surface area contributed by atoms with Crippen molar-refractivity contribution >= 4 is 16.8 Å². The summed E-state index contributed by atoms with van der Waals surface area (Å²) in [6.45, 7) is 6.97. The predicted molar refractivity (Wildman–Crippen MR) is 104 cm³/mol. The SMILES string of the molecule is CCNC(=NCc1ccc(C)c(F)c1)NC1CCCC(S(=O)CC)C1. The highest BCUT2D eigenvalue weighted by Gasteiger charge is 2.26. The zero-order valence-corrected chi connectivity index (χ0v) is 16.3. The maximum absolute atomic E-state index is 13.7. The average Bonchev–Trinajstić information content (AvgIpc) is 2.62. The first kappa shape index (κ1) is 19.9. The third-order valence-corrected chi connectivity index (χ3v) is 6.36. The topological polar surface area (TPSA) is 53.5 Å². The molecule has 3 atom stereocenters. The van der Waals surface area contributed by atoms with E-state index >= 15 is 0 Å². The molecule has 0 radical (unpaired) electrons. The molecule has 0 aromatic heterocycles. The van der Waals surface area contributed by atoms with Gasteiger partial charge in [-0.05, 0) is 50.3 Å². The van der Waals surface area contributed by atoms with E-state index in [2.05, 4.69) is 15.6 Å². The molecule has 0 saturated heterocycles. The Morgan fingerprint density at radius 2 is 2.16 bits per heavy atom. The summed E-state index contributed by atoms with van der Waals surface area (Å²) in [4.78, 5) is 4.59. The highest BCUT2D eigenvalue weighted by atomic mass is 32.2. The van der Waals surface area contributed by atoms with Crippen molar-refractivity contribution in [3.8, 4) is 0 Å². The number of rotatable bonds is 6. The predicted octanol–water partition coefficient (Wildman–Crippen LogP) is 3.27. The molecule has 6 heteroatoms. The van der Waals surface area contributed by atoms with E-state index in [1.165, 1.54) is 0 Å². The Morgan fingerprint density at radius 1 is 1.36 bits per heavy atom. The quantitative estimate of drug-likeness (QED) is 0.599. The van der Waals surface area contributed by atoms with Crippen LogP contribution < -0.4 is 10.6 Å². The van der Waals surface area contributed by atoms with Crippen LogP contribution in [0.4, 0.5) is 4.39 Å². The van der Waals surface area contributed by atoms with Crippen molar-refractivity contribution in [3.05, 3.63) is 35.1 Å². The second-order valence-corrected chi connectivity index (χ2v) is 8.58. The Morgan fingerprint density at radius 3 is 2.84 bits per heavy atom. The molecule has 1 aliphatic carbocycles. The molecular formula is C19H30FN3OS. The second kappa shape index (κ2) is 9.90. The van der Waals surface area contributed by atoms with Crippen molar-refractivity contribution in [2.24, 2.45) is 4.99 Å². The van der Waals surface area contributed by atoms with Gasteiger partial charge in [0.25, 0.3) is 0 Å². The Labute approximate surface area is 153 Å². The van der Waals surface area contributed by atoms with Crippen LogP contribution in [-0.4, -0.2) is 33.8 Å². The summed E-state index contributed by atoms with van der Waals surface area (Å²) < 4.78 is 25.8. The molecule has 25 heavy (non-hydrogen) atoms. The van der Waals surface area contributed by atoms with E-state index in [9.17, 15) is 8.60 Å². The van der Waals surface area contributed by atoms with Gasteiger partial charge in [-0.15, -0.1) is 0 Å². The standard InChI is InChI=1S/C19H30FN3OS/c1-4-21-19(22-13-15-10-9-14(3)18(20)11-15)23-16-7-6-8-17(12-16)25(24)5-2/h9-11,16-17H,4-8,12-13H2,1-3H3,(H2,21,22,23). The first-order chi connectivity index (χ1) is 12.0. The van der Waals surface area contributed by atoms with Crippen molar-refractivity contribution in [3.63, 3.8) is 0 Å². The minimum absolute atomic E-state index is 0.192. The first-order valence-corrected chi connectivity index (χ1v) is 10.6. The van der Waals surface area contributed by atoms with Crippen LogP contribution >= 0.6 is 0 Å². The molecule has 1 saturated carbocycles. The average molecular weight is 368 g/mol. The van der Waals surface area contributed by atoms with E-state index in [1.54, 1.807) is 19.1 Å². The third-order valence-electron chi connectivity index (χ3n) is 4.62. The van der Waals surface area contributed by atoms with Crippen LogP contribution in [-0.2, 0) is 17.3 Å². The van der Waals surface area contributed by atoms with E-state index in [0.717, 1.165) is 49.5 Å². The van der Waals surface area contributed by atoms with E-state index in [4.69, 9.17) is 0 Å². The summed E-state index contributed by atoms with van der Waals surface area (Å²) in [5, 5.41) is 7.01. The number of halogens is 1. The molecular weight excluding hydrogens is 337 g/mol. The zero-order chi connectivity index (χ0) is 18.2. The van der Waals surface area contributed by atoms with Gasteiger partial charge in [-0.25, -0.2) is 9.38 Å². The van der Waals surface area contributed by atoms with E-state index in [0.29, 0.717) is 18.2 Å². The first-order valence-electron chi connectivity index (χ1n) is 9.20. The molecule has 1 aliphatic rings. The molecule has 0 heterocycles. The smallest absolute Gasteiger partial charge is 0.191 e. The maximum Gasteiger partial charge on any atom is 0.191 e. The fraction of sp³-hybridized carbons (Fsp3) is 0.632. The van der Waals surface area contributed by atoms with E-state index < -0.39 is 10.8 Å². The lowest BCUT2D eigenvalue weighted by atomic mass is 9.95. The normalized spacial score (nSPS) is 22.5. The van der Waals surface area contributed by atoms with Crippen LogP contribution in [0.2, 0.25) is 0 Å². The minimum atomic E-state index is -0.733. The lowest BCUT2D eigenvalue weighted by Gasteiger charge is -2.30. The summed E-state index contributed by atoms with van der Waals surface area (Å²) in [7, 11) is -0.733. The molecule has 3 unspecified atom stereocenters. The molecule has 2 rings (SSSR count). The van der Waals surface area contributed by atoms with E-state index in [-0.39, 0.29) is 11.1 Å². The van der Waals surface area contributed by atoms with Crippen LogP contribution in [0.3, 0.4) is 0 Å². The van der Waals surface area contributed by atoms with Crippen LogP contribution in [0.5, 0.6) is 0 Å². The molecule has 1 aromatic rings. The highest BCUT2D eigenvalue weighted by Crippen LogP contribution is 2.23. The molecule has 1 fully saturated rings. The summed E-state index contributed by atoms with van der Waals surface area (Å²) >= 11 is 0. The number of aryl methyl sites for hydroxylation is 1. The number of aliphatic imine (C=N–C) groups is 1. The zero-order valence-electron chi connectivity index (χ0n) is 15.5. The fourth-order valence-corrected chi connectivity index (χ4v) is 4.52. The minimum Gasteiger partial charge on any atom is -0.357 e. The summed E-state index contributed by atoms with van der Waals surface area (Å²) in [5.74, 6) is 1.28. The third kappa shape index (κ3) is 6.10. The number of hydrogen-bond acceptors (Lipinski definition) is 2. The maximum atomic E-state index is 13.7. The molecule has 0 amide bonds. The molecule has 140 valence electrons. The monoisotopic (exact) mass is 367 g/mol. The lowest BCUT2D eigenvalue weighted by molar-refractivity contribution is 0.413. The van der Waals surface area contributed by atoms with Gasteiger partial charge in [-0.3, -0.25) is 4.21 Å². The number of hydrogen-bond donors (Lipinski definition) is 2. The van der Waals surface area contributed by atoms with Crippen molar-refractivity contribution in [2.45, 2.75) is 64.3 Å². The number of benzene rings is 1. The van der Waals surface area contributed by atoms with Gasteiger partial charge in [0.15, 0.2) is 5.96 Å². The number of guanidine groups is 1. The van der Waals surface area contributed by atoms with Crippen LogP contribution in [0.25, 0.3) is 0 Å². The molecule has 4 nitrogen and oxygen atoms in total. The summed E-state index contributed by atoms with van der Waals surface area (Å²) in [6.07, 6.45) is 4.14. The molecule has 0 aliphatic heterocycles. The van der Waals surface area contributed by atoms with Crippen LogP contribution in [0, 0.1) is 12.7 Å². The van der Waals surface area contributed by atoms with Crippen LogP contribution in [0.15, 0.2) is 23.2 Å². The van der Waals surface area contributed by atoms with Gasteiger partial charge in [0, 0.05) is 34.4 Å². The second-order valence-electron chi connectivity index (χ2n) is 6.58. The lowest BCUT2D eigenvalue weighted by Crippen LogP contribution is -2.46. The Bertz CT molecular complexity index is 621. The Hall–Kier alpha value is -1.43. The Balaban J connectivity index is 1.99. The number of nitrogens with zero attached hydrogens (tertiary/aromatic N) is 1. The number of nitrogens with one attached hydrogen (secondary N) is 2. The van der Waals surface area contributed by atoms with Crippen molar-refractivity contribution in [2.75, 3.05) is 12.3 Å². The largest absolute Gasteiger partial charge is 0.357 e. The fourth-order valence-electron chi connectivity index (χ4n) is 3.17. The Kier molecular flexibility index (Phi) is 7.88.